The van der Waals surface area contributed by atoms with Crippen LogP contribution < -0.4 is 5.32 Å². The topological polar surface area (TPSA) is 34.2 Å². The van der Waals surface area contributed by atoms with Gasteiger partial charge in [0.05, 0.1) is 12.3 Å². The number of nitrogens with one attached hydrogen (secondary N) is 1. The van der Waals surface area contributed by atoms with Crippen LogP contribution in [-0.2, 0) is 17.9 Å². The third-order valence-electron chi connectivity index (χ3n) is 3.33. The monoisotopic (exact) mass is 248 g/mol. The molecular weight excluding hydrogens is 224 g/mol. The molecule has 3 heteroatoms. The number of pyridine rings is 1. The highest BCUT2D eigenvalue weighted by Crippen LogP contribution is 2.32. The number of rotatable bonds is 9. The maximum absolute atomic E-state index is 5.73. The van der Waals surface area contributed by atoms with E-state index in [4.69, 9.17) is 4.74 Å². The molecule has 1 aromatic heterocycles. The van der Waals surface area contributed by atoms with E-state index in [1.807, 2.05) is 12.3 Å². The number of aromatic nitrogens is 1. The van der Waals surface area contributed by atoms with Gasteiger partial charge in [0.15, 0.2) is 0 Å². The molecule has 1 aliphatic rings. The van der Waals surface area contributed by atoms with Crippen LogP contribution in [0.15, 0.2) is 18.3 Å². The molecule has 18 heavy (non-hydrogen) atoms. The molecule has 1 saturated carbocycles. The van der Waals surface area contributed by atoms with Gasteiger partial charge in [-0.1, -0.05) is 25.8 Å². The molecule has 1 N–H and O–H groups in total. The Balaban J connectivity index is 1.74. The van der Waals surface area contributed by atoms with E-state index in [9.17, 15) is 0 Å². The first-order valence-corrected chi connectivity index (χ1v) is 7.11. The number of hydrogen-bond acceptors (Lipinski definition) is 3. The first kappa shape index (κ1) is 13.5. The summed E-state index contributed by atoms with van der Waals surface area (Å²) in [5.74, 6) is 0.944. The third kappa shape index (κ3) is 4.75. The van der Waals surface area contributed by atoms with Gasteiger partial charge in [-0.15, -0.1) is 0 Å². The molecule has 0 atom stereocenters. The molecular formula is C15H24N2O. The van der Waals surface area contributed by atoms with E-state index in [0.717, 1.165) is 37.7 Å². The predicted molar refractivity (Wildman–Crippen MR) is 73.2 cm³/mol. The smallest absolute Gasteiger partial charge is 0.0891 e. The lowest BCUT2D eigenvalue weighted by atomic mass is 10.2. The highest BCUT2D eigenvalue weighted by Gasteiger charge is 2.20. The lowest BCUT2D eigenvalue weighted by Crippen LogP contribution is -2.16. The van der Waals surface area contributed by atoms with E-state index in [1.165, 1.54) is 24.8 Å². The Morgan fingerprint density at radius 2 is 2.33 bits per heavy atom. The molecule has 0 unspecified atom stereocenters. The van der Waals surface area contributed by atoms with E-state index in [1.54, 1.807) is 0 Å². The molecule has 0 radical (unpaired) electrons. The van der Waals surface area contributed by atoms with Gasteiger partial charge in [0, 0.05) is 19.3 Å². The Kier molecular flexibility index (Phi) is 5.62. The van der Waals surface area contributed by atoms with E-state index < -0.39 is 0 Å². The zero-order chi connectivity index (χ0) is 12.6. The fraction of sp³-hybridized carbons (Fsp3) is 0.667. The minimum atomic E-state index is 0.650. The Morgan fingerprint density at radius 3 is 3.11 bits per heavy atom. The summed E-state index contributed by atoms with van der Waals surface area (Å²) in [4.78, 5) is 4.42. The second-order valence-corrected chi connectivity index (χ2v) is 5.07. The third-order valence-corrected chi connectivity index (χ3v) is 3.33. The van der Waals surface area contributed by atoms with Crippen molar-refractivity contribution in [3.05, 3.63) is 29.6 Å². The summed E-state index contributed by atoms with van der Waals surface area (Å²) in [5.41, 5.74) is 2.34. The molecule has 1 fully saturated rings. The van der Waals surface area contributed by atoms with Crippen LogP contribution in [0.1, 0.15) is 43.9 Å². The summed E-state index contributed by atoms with van der Waals surface area (Å²) in [7, 11) is 0. The molecule has 0 saturated heterocycles. The molecule has 0 aliphatic heterocycles. The summed E-state index contributed by atoms with van der Waals surface area (Å²) in [6.07, 6.45) is 7.03. The van der Waals surface area contributed by atoms with Crippen molar-refractivity contribution >= 4 is 0 Å². The van der Waals surface area contributed by atoms with Crippen molar-refractivity contribution in [2.24, 2.45) is 5.92 Å². The second-order valence-electron chi connectivity index (χ2n) is 5.07. The van der Waals surface area contributed by atoms with Gasteiger partial charge in [-0.3, -0.25) is 4.98 Å². The highest BCUT2D eigenvalue weighted by atomic mass is 16.5. The van der Waals surface area contributed by atoms with Gasteiger partial charge in [-0.25, -0.2) is 0 Å². The molecule has 1 heterocycles. The van der Waals surface area contributed by atoms with Gasteiger partial charge in [-0.05, 0) is 36.9 Å². The van der Waals surface area contributed by atoms with E-state index >= 15 is 0 Å². The van der Waals surface area contributed by atoms with E-state index in [2.05, 4.69) is 23.3 Å². The van der Waals surface area contributed by atoms with Crippen molar-refractivity contribution in [2.45, 2.75) is 45.8 Å². The standard InChI is InChI=1S/C15H24N2O/c1-2-8-16-11-14-4-3-9-17-15(14)12-18-10-7-13-5-6-13/h3-4,9,13,16H,2,5-8,10-12H2,1H3. The summed E-state index contributed by atoms with van der Waals surface area (Å²) >= 11 is 0. The Hall–Kier alpha value is -0.930. The summed E-state index contributed by atoms with van der Waals surface area (Å²) < 4.78 is 5.73. The highest BCUT2D eigenvalue weighted by molar-refractivity contribution is 5.18. The van der Waals surface area contributed by atoms with Crippen LogP contribution >= 0.6 is 0 Å². The van der Waals surface area contributed by atoms with Crippen LogP contribution in [-0.4, -0.2) is 18.1 Å². The van der Waals surface area contributed by atoms with Gasteiger partial charge >= 0.3 is 0 Å². The maximum atomic E-state index is 5.73. The van der Waals surface area contributed by atoms with Gasteiger partial charge in [0.2, 0.25) is 0 Å². The molecule has 1 aromatic rings. The summed E-state index contributed by atoms with van der Waals surface area (Å²) in [6.45, 7) is 5.65. The quantitative estimate of drug-likeness (QED) is 0.682. The molecule has 0 aromatic carbocycles. The van der Waals surface area contributed by atoms with Gasteiger partial charge in [0.1, 0.15) is 0 Å². The summed E-state index contributed by atoms with van der Waals surface area (Å²) in [6, 6.07) is 4.13. The number of ether oxygens (including phenoxy) is 1. The normalized spacial score (nSPS) is 14.9. The molecule has 2 rings (SSSR count). The van der Waals surface area contributed by atoms with Crippen LogP contribution in [0, 0.1) is 5.92 Å². The predicted octanol–water partition coefficient (Wildman–Crippen LogP) is 2.90. The fourth-order valence-corrected chi connectivity index (χ4v) is 1.99. The average Bonchev–Trinajstić information content (AvgIpc) is 3.21. The van der Waals surface area contributed by atoms with Crippen LogP contribution in [0.25, 0.3) is 0 Å². The van der Waals surface area contributed by atoms with Gasteiger partial charge in [-0.2, -0.15) is 0 Å². The maximum Gasteiger partial charge on any atom is 0.0891 e. The number of nitrogens with zero attached hydrogens (tertiary/aromatic N) is 1. The lowest BCUT2D eigenvalue weighted by Gasteiger charge is -2.09. The van der Waals surface area contributed by atoms with Crippen molar-refractivity contribution in [3.8, 4) is 0 Å². The van der Waals surface area contributed by atoms with Crippen molar-refractivity contribution in [1.82, 2.24) is 10.3 Å². The molecule has 3 nitrogen and oxygen atoms in total. The van der Waals surface area contributed by atoms with Gasteiger partial charge < -0.3 is 10.1 Å². The van der Waals surface area contributed by atoms with Crippen molar-refractivity contribution < 1.29 is 4.74 Å². The SMILES string of the molecule is CCCNCc1cccnc1COCCC1CC1. The minimum absolute atomic E-state index is 0.650. The van der Waals surface area contributed by atoms with E-state index in [-0.39, 0.29) is 0 Å². The first-order chi connectivity index (χ1) is 8.90. The molecule has 0 amide bonds. The Morgan fingerprint density at radius 1 is 1.44 bits per heavy atom. The van der Waals surface area contributed by atoms with Crippen LogP contribution in [0.2, 0.25) is 0 Å². The Labute approximate surface area is 110 Å². The molecule has 100 valence electrons. The minimum Gasteiger partial charge on any atom is -0.375 e. The number of hydrogen-bond donors (Lipinski definition) is 1. The molecule has 0 bridgehead atoms. The summed E-state index contributed by atoms with van der Waals surface area (Å²) in [5, 5.41) is 3.41. The second kappa shape index (κ2) is 7.49. The lowest BCUT2D eigenvalue weighted by molar-refractivity contribution is 0.112. The largest absolute Gasteiger partial charge is 0.375 e. The van der Waals surface area contributed by atoms with Crippen LogP contribution in [0.5, 0.6) is 0 Å². The van der Waals surface area contributed by atoms with Gasteiger partial charge in [0.25, 0.3) is 0 Å². The zero-order valence-corrected chi connectivity index (χ0v) is 11.3. The zero-order valence-electron chi connectivity index (χ0n) is 11.3. The van der Waals surface area contributed by atoms with Crippen molar-refractivity contribution in [2.75, 3.05) is 13.2 Å². The Bertz CT molecular complexity index is 350. The fourth-order valence-electron chi connectivity index (χ4n) is 1.99. The molecule has 1 aliphatic carbocycles. The van der Waals surface area contributed by atoms with Crippen molar-refractivity contribution in [1.29, 1.82) is 0 Å². The van der Waals surface area contributed by atoms with E-state index in [0.29, 0.717) is 6.61 Å². The molecule has 0 spiro atoms. The van der Waals surface area contributed by atoms with Crippen molar-refractivity contribution in [3.63, 3.8) is 0 Å². The first-order valence-electron chi connectivity index (χ1n) is 7.11. The average molecular weight is 248 g/mol. The van der Waals surface area contributed by atoms with Crippen LogP contribution in [0.4, 0.5) is 0 Å². The van der Waals surface area contributed by atoms with Crippen LogP contribution in [0.3, 0.4) is 0 Å².